The quantitative estimate of drug-likeness (QED) is 0.254. The van der Waals surface area contributed by atoms with Crippen molar-refractivity contribution in [2.45, 2.75) is 75.8 Å². The van der Waals surface area contributed by atoms with Crippen molar-refractivity contribution in [3.8, 4) is 0 Å². The van der Waals surface area contributed by atoms with Crippen LogP contribution in [0.3, 0.4) is 0 Å². The third-order valence-corrected chi connectivity index (χ3v) is 7.16. The molecule has 1 heterocycles. The lowest BCUT2D eigenvalue weighted by molar-refractivity contribution is -0.529. The van der Waals surface area contributed by atoms with Crippen LogP contribution in [-0.2, 0) is 43.6 Å². The molecular weight excluding hydrogens is 608 g/mol. The molecule has 0 radical (unpaired) electrons. The number of halogens is 6. The van der Waals surface area contributed by atoms with Crippen LogP contribution in [0, 0.1) is 0 Å². The molecule has 1 fully saturated rings. The second-order valence-electron chi connectivity index (χ2n) is 10.5. The summed E-state index contributed by atoms with van der Waals surface area (Å²) in [7, 11) is 0. The van der Waals surface area contributed by atoms with Gasteiger partial charge in [0.1, 0.15) is 18.3 Å². The Bertz CT molecular complexity index is 1310. The number of hydrogen-bond acceptors (Lipinski definition) is 6. The Morgan fingerprint density at radius 3 is 1.60 bits per heavy atom. The van der Waals surface area contributed by atoms with Gasteiger partial charge in [0, 0.05) is 13.2 Å². The van der Waals surface area contributed by atoms with Crippen LogP contribution in [0.1, 0.15) is 23.6 Å². The van der Waals surface area contributed by atoms with Crippen molar-refractivity contribution >= 4 is 5.91 Å². The summed E-state index contributed by atoms with van der Waals surface area (Å²) in [6, 6.07) is 19.1. The van der Waals surface area contributed by atoms with E-state index < -0.39 is 59.8 Å². The van der Waals surface area contributed by atoms with Crippen LogP contribution in [0.15, 0.2) is 91.0 Å². The van der Waals surface area contributed by atoms with E-state index in [1.807, 2.05) is 0 Å². The van der Waals surface area contributed by atoms with Crippen molar-refractivity contribution in [1.29, 1.82) is 0 Å². The second kappa shape index (κ2) is 15.2. The van der Waals surface area contributed by atoms with E-state index in [4.69, 9.17) is 18.9 Å². The van der Waals surface area contributed by atoms with Crippen LogP contribution in [0.5, 0.6) is 0 Å². The van der Waals surface area contributed by atoms with Gasteiger partial charge in [0.05, 0.1) is 32.5 Å². The molecule has 1 amide bonds. The largest absolute Gasteiger partial charge is 0.829 e. The molecule has 3 aromatic carbocycles. The predicted octanol–water partition coefficient (Wildman–Crippen LogP) is 5.17. The number of amides is 1. The van der Waals surface area contributed by atoms with Gasteiger partial charge in [-0.25, -0.2) is 0 Å². The summed E-state index contributed by atoms with van der Waals surface area (Å²) in [5.41, 5.74) is 1.90. The first-order chi connectivity index (χ1) is 21.4. The Labute approximate surface area is 256 Å². The minimum Gasteiger partial charge on any atom is -0.829 e. The van der Waals surface area contributed by atoms with Crippen molar-refractivity contribution < 1.29 is 55.2 Å². The van der Waals surface area contributed by atoms with E-state index in [1.54, 1.807) is 91.0 Å². The van der Waals surface area contributed by atoms with Crippen molar-refractivity contribution in [2.75, 3.05) is 6.61 Å². The van der Waals surface area contributed by atoms with Gasteiger partial charge in [0.2, 0.25) is 11.9 Å². The molecule has 244 valence electrons. The topological polar surface area (TPSA) is 80.3 Å². The molecule has 13 heteroatoms. The molecule has 1 saturated heterocycles. The number of carbonyl (C=O) groups is 1. The number of nitrogens with zero attached hydrogens (tertiary/aromatic N) is 1. The zero-order chi connectivity index (χ0) is 32.6. The lowest BCUT2D eigenvalue weighted by Gasteiger charge is -2.54. The summed E-state index contributed by atoms with van der Waals surface area (Å²) in [4.78, 5) is 12.1. The van der Waals surface area contributed by atoms with Crippen molar-refractivity contribution in [1.82, 2.24) is 4.90 Å². The molecule has 3 aromatic rings. The van der Waals surface area contributed by atoms with Crippen LogP contribution in [0.2, 0.25) is 0 Å². The Balaban J connectivity index is 1.73. The van der Waals surface area contributed by atoms with Crippen LogP contribution in [-0.4, -0.2) is 66.5 Å². The van der Waals surface area contributed by atoms with Crippen LogP contribution in [0.4, 0.5) is 26.3 Å². The molecule has 1 aliphatic rings. The van der Waals surface area contributed by atoms with Gasteiger partial charge in [-0.2, -0.15) is 26.3 Å². The molecule has 0 aliphatic carbocycles. The number of carbonyl (C=O) groups excluding carboxylic acids is 1. The average molecular weight is 641 g/mol. The standard InChI is InChI=1S/C32H32F6NO6/c1-21(40)39(30(31(33,34)35)32(36,37)38)26-28(44-19-24-15-9-4-10-16-24)27(43-18-23-13-7-3-8-14-23)25(45-29(26)41)20-42-17-22-11-5-2-6-12-22/h2-16,25-30H,17-20H2,1H3/q-1/t25-,26-,27-,28-,29-/m1/s1. The first-order valence-corrected chi connectivity index (χ1v) is 14.0. The summed E-state index contributed by atoms with van der Waals surface area (Å²) in [5.74, 6) is -1.64. The SMILES string of the molecule is CC(=O)N(C(C(F)(F)F)C(F)(F)F)[C@@H]1[C@@H](OCc2ccccc2)[C@H](OCc2ccccc2)[C@@H](COCc2ccccc2)O[C@H]1[O-]. The van der Waals surface area contributed by atoms with Gasteiger partial charge in [-0.1, -0.05) is 91.0 Å². The highest BCUT2D eigenvalue weighted by atomic mass is 19.4. The summed E-state index contributed by atoms with van der Waals surface area (Å²) in [5, 5.41) is 13.5. The van der Waals surface area contributed by atoms with E-state index in [9.17, 15) is 36.2 Å². The van der Waals surface area contributed by atoms with Gasteiger partial charge in [0.25, 0.3) is 0 Å². The number of benzene rings is 3. The lowest BCUT2D eigenvalue weighted by Crippen LogP contribution is -2.73. The van der Waals surface area contributed by atoms with E-state index in [2.05, 4.69) is 0 Å². The maximum absolute atomic E-state index is 14.0. The van der Waals surface area contributed by atoms with Gasteiger partial charge in [0.15, 0.2) is 0 Å². The molecule has 0 bridgehead atoms. The number of rotatable bonds is 12. The summed E-state index contributed by atoms with van der Waals surface area (Å²) < 4.78 is 107. The molecule has 0 spiro atoms. The highest BCUT2D eigenvalue weighted by Crippen LogP contribution is 2.41. The number of alkyl halides is 6. The molecule has 1 aliphatic heterocycles. The fourth-order valence-electron chi connectivity index (χ4n) is 5.18. The molecule has 7 nitrogen and oxygen atoms in total. The molecule has 0 unspecified atom stereocenters. The Morgan fingerprint density at radius 1 is 0.756 bits per heavy atom. The zero-order valence-electron chi connectivity index (χ0n) is 24.1. The first-order valence-electron chi connectivity index (χ1n) is 14.0. The van der Waals surface area contributed by atoms with Gasteiger partial charge in [-0.15, -0.1) is 0 Å². The molecular formula is C32H32F6NO6-. The average Bonchev–Trinajstić information content (AvgIpc) is 2.98. The van der Waals surface area contributed by atoms with E-state index in [0.29, 0.717) is 18.1 Å². The predicted molar refractivity (Wildman–Crippen MR) is 147 cm³/mol. The fraction of sp³-hybridized carbons (Fsp3) is 0.406. The van der Waals surface area contributed by atoms with Crippen molar-refractivity contribution in [2.24, 2.45) is 0 Å². The minimum absolute atomic E-state index is 0.0678. The van der Waals surface area contributed by atoms with E-state index in [0.717, 1.165) is 5.56 Å². The Hall–Kier alpha value is -3.49. The van der Waals surface area contributed by atoms with Crippen LogP contribution >= 0.6 is 0 Å². The summed E-state index contributed by atoms with van der Waals surface area (Å²) >= 11 is 0. The van der Waals surface area contributed by atoms with Crippen LogP contribution in [0.25, 0.3) is 0 Å². The number of ether oxygens (including phenoxy) is 4. The summed E-state index contributed by atoms with van der Waals surface area (Å²) in [6.45, 7) is -0.189. The maximum atomic E-state index is 14.0. The fourth-order valence-corrected chi connectivity index (χ4v) is 5.18. The van der Waals surface area contributed by atoms with Gasteiger partial charge in [-0.05, 0) is 16.7 Å². The zero-order valence-corrected chi connectivity index (χ0v) is 24.1. The second-order valence-corrected chi connectivity index (χ2v) is 10.5. The normalized spacial score (nSPS) is 22.4. The van der Waals surface area contributed by atoms with Gasteiger partial charge >= 0.3 is 12.4 Å². The van der Waals surface area contributed by atoms with E-state index in [1.165, 1.54) is 0 Å². The lowest BCUT2D eigenvalue weighted by atomic mass is 9.93. The highest BCUT2D eigenvalue weighted by molar-refractivity contribution is 5.74. The van der Waals surface area contributed by atoms with Gasteiger partial charge < -0.3 is 29.0 Å². The third kappa shape index (κ3) is 9.27. The van der Waals surface area contributed by atoms with Gasteiger partial charge in [-0.3, -0.25) is 4.79 Å². The molecule has 0 saturated carbocycles. The molecule has 0 aromatic heterocycles. The molecule has 4 rings (SSSR count). The van der Waals surface area contributed by atoms with Crippen molar-refractivity contribution in [3.63, 3.8) is 0 Å². The minimum atomic E-state index is -5.97. The Kier molecular flexibility index (Phi) is 11.6. The molecule has 0 N–H and O–H groups in total. The monoisotopic (exact) mass is 640 g/mol. The smallest absolute Gasteiger partial charge is 0.417 e. The molecule has 45 heavy (non-hydrogen) atoms. The Morgan fingerprint density at radius 2 is 1.18 bits per heavy atom. The highest BCUT2D eigenvalue weighted by Gasteiger charge is 2.64. The maximum Gasteiger partial charge on any atom is 0.417 e. The molecule has 5 atom stereocenters. The van der Waals surface area contributed by atoms with E-state index in [-0.39, 0.29) is 26.4 Å². The summed E-state index contributed by atoms with van der Waals surface area (Å²) in [6.07, 6.45) is -19.0. The first kappa shape index (κ1) is 34.4. The van der Waals surface area contributed by atoms with Crippen LogP contribution < -0.4 is 5.11 Å². The van der Waals surface area contributed by atoms with Crippen molar-refractivity contribution in [3.05, 3.63) is 108 Å². The third-order valence-electron chi connectivity index (χ3n) is 7.16. The van der Waals surface area contributed by atoms with E-state index >= 15 is 0 Å². The number of hydrogen-bond donors (Lipinski definition) is 0.